The second-order valence-corrected chi connectivity index (χ2v) is 7.48. The van der Waals surface area contributed by atoms with Gasteiger partial charge in [-0.3, -0.25) is 4.79 Å². The zero-order valence-electron chi connectivity index (χ0n) is 17.3. The number of fused-ring (bicyclic) bond motifs is 1. The minimum atomic E-state index is -0.380. The number of halogens is 2. The molecule has 0 aliphatic carbocycles. The summed E-state index contributed by atoms with van der Waals surface area (Å²) in [6.45, 7) is 4.67. The number of benzene rings is 2. The molecule has 0 atom stereocenters. The number of aryl methyl sites for hydroxylation is 2. The number of hydrogen-bond donors (Lipinski definition) is 0. The van der Waals surface area contributed by atoms with Crippen molar-refractivity contribution in [2.75, 3.05) is 39.1 Å². The van der Waals surface area contributed by atoms with Crippen molar-refractivity contribution in [2.45, 2.75) is 13.8 Å². The third-order valence-corrected chi connectivity index (χ3v) is 5.54. The molecule has 1 heterocycles. The zero-order valence-corrected chi connectivity index (χ0v) is 18.8. The Morgan fingerprint density at radius 1 is 1.13 bits per heavy atom. The molecule has 160 valence electrons. The van der Waals surface area contributed by atoms with Crippen molar-refractivity contribution < 1.29 is 23.4 Å². The molecule has 0 bridgehead atoms. The SMILES string of the molecule is COCCOCOc1ccc(Cl)c(C(=O)N(C)c2cccc3c(C)c(C)oc23)c1Cl. The molecule has 1 amide bonds. The van der Waals surface area contributed by atoms with E-state index in [1.54, 1.807) is 26.3 Å². The zero-order chi connectivity index (χ0) is 21.8. The van der Waals surface area contributed by atoms with Crippen molar-refractivity contribution in [3.63, 3.8) is 0 Å². The molecule has 2 aromatic carbocycles. The van der Waals surface area contributed by atoms with Gasteiger partial charge in [0.05, 0.1) is 34.5 Å². The fraction of sp³-hybridized carbons (Fsp3) is 0.318. The van der Waals surface area contributed by atoms with E-state index in [2.05, 4.69) is 0 Å². The number of methoxy groups -OCH3 is 1. The van der Waals surface area contributed by atoms with Crippen LogP contribution < -0.4 is 9.64 Å². The van der Waals surface area contributed by atoms with Crippen molar-refractivity contribution >= 4 is 45.8 Å². The maximum Gasteiger partial charge on any atom is 0.261 e. The molecule has 0 aliphatic heterocycles. The molecule has 0 fully saturated rings. The largest absolute Gasteiger partial charge is 0.466 e. The van der Waals surface area contributed by atoms with E-state index in [0.29, 0.717) is 30.2 Å². The molecule has 0 radical (unpaired) electrons. The van der Waals surface area contributed by atoms with E-state index in [-0.39, 0.29) is 28.3 Å². The third-order valence-electron chi connectivity index (χ3n) is 4.85. The predicted molar refractivity (Wildman–Crippen MR) is 118 cm³/mol. The first kappa shape index (κ1) is 22.4. The van der Waals surface area contributed by atoms with Crippen LogP contribution >= 0.6 is 23.2 Å². The van der Waals surface area contributed by atoms with Crippen molar-refractivity contribution in [3.05, 3.63) is 57.3 Å². The predicted octanol–water partition coefficient (Wildman–Crippen LogP) is 5.63. The second kappa shape index (κ2) is 9.71. The van der Waals surface area contributed by atoms with E-state index in [4.69, 9.17) is 41.8 Å². The first-order chi connectivity index (χ1) is 14.4. The van der Waals surface area contributed by atoms with Crippen molar-refractivity contribution in [1.29, 1.82) is 0 Å². The van der Waals surface area contributed by atoms with Crippen LogP contribution in [0.2, 0.25) is 10.0 Å². The lowest BCUT2D eigenvalue weighted by Gasteiger charge is -2.20. The quantitative estimate of drug-likeness (QED) is 0.327. The Labute approximate surface area is 185 Å². The Balaban J connectivity index is 1.89. The number of amides is 1. The van der Waals surface area contributed by atoms with Gasteiger partial charge in [-0.2, -0.15) is 0 Å². The normalized spacial score (nSPS) is 11.1. The van der Waals surface area contributed by atoms with Gasteiger partial charge in [0.1, 0.15) is 11.5 Å². The number of carbonyl (C=O) groups is 1. The highest BCUT2D eigenvalue weighted by atomic mass is 35.5. The first-order valence-corrected chi connectivity index (χ1v) is 10.1. The molecule has 0 spiro atoms. The average molecular weight is 452 g/mol. The lowest BCUT2D eigenvalue weighted by atomic mass is 10.1. The minimum absolute atomic E-state index is 0.0293. The van der Waals surface area contributed by atoms with Crippen LogP contribution in [0.15, 0.2) is 34.7 Å². The van der Waals surface area contributed by atoms with Crippen LogP contribution in [0.5, 0.6) is 5.75 Å². The van der Waals surface area contributed by atoms with Crippen LogP contribution in [-0.2, 0) is 9.47 Å². The van der Waals surface area contributed by atoms with E-state index in [9.17, 15) is 4.79 Å². The summed E-state index contributed by atoms with van der Waals surface area (Å²) in [7, 11) is 3.23. The summed E-state index contributed by atoms with van der Waals surface area (Å²) in [5.41, 5.74) is 2.43. The molecule has 0 N–H and O–H groups in total. The van der Waals surface area contributed by atoms with Crippen LogP contribution in [0.3, 0.4) is 0 Å². The first-order valence-electron chi connectivity index (χ1n) is 9.31. The Morgan fingerprint density at radius 2 is 1.90 bits per heavy atom. The third kappa shape index (κ3) is 4.42. The maximum atomic E-state index is 13.3. The van der Waals surface area contributed by atoms with Crippen molar-refractivity contribution in [1.82, 2.24) is 0 Å². The summed E-state index contributed by atoms with van der Waals surface area (Å²) in [5, 5.41) is 1.30. The molecule has 6 nitrogen and oxygen atoms in total. The number of nitrogens with zero attached hydrogens (tertiary/aromatic N) is 1. The lowest BCUT2D eigenvalue weighted by Crippen LogP contribution is -2.27. The summed E-state index contributed by atoms with van der Waals surface area (Å²) >= 11 is 12.8. The van der Waals surface area contributed by atoms with Gasteiger partial charge in [-0.1, -0.05) is 35.3 Å². The molecular weight excluding hydrogens is 429 g/mol. The smallest absolute Gasteiger partial charge is 0.261 e. The van der Waals surface area contributed by atoms with Crippen molar-refractivity contribution in [2.24, 2.45) is 0 Å². The lowest BCUT2D eigenvalue weighted by molar-refractivity contribution is -0.00845. The van der Waals surface area contributed by atoms with Gasteiger partial charge in [0, 0.05) is 19.5 Å². The summed E-state index contributed by atoms with van der Waals surface area (Å²) in [6, 6.07) is 8.82. The molecule has 0 unspecified atom stereocenters. The summed E-state index contributed by atoms with van der Waals surface area (Å²) < 4.78 is 21.6. The number of hydrogen-bond acceptors (Lipinski definition) is 5. The summed E-state index contributed by atoms with van der Waals surface area (Å²) in [6.07, 6.45) is 0. The average Bonchev–Trinajstić information content (AvgIpc) is 3.02. The number of para-hydroxylation sites is 1. The van der Waals surface area contributed by atoms with E-state index in [0.717, 1.165) is 16.7 Å². The maximum absolute atomic E-state index is 13.3. The molecule has 0 saturated heterocycles. The summed E-state index contributed by atoms with van der Waals surface area (Å²) in [5.74, 6) is 0.728. The molecule has 1 aromatic heterocycles. The summed E-state index contributed by atoms with van der Waals surface area (Å²) in [4.78, 5) is 14.8. The number of rotatable bonds is 8. The molecular formula is C22H23Cl2NO5. The van der Waals surface area contributed by atoms with Crippen LogP contribution in [0.4, 0.5) is 5.69 Å². The highest BCUT2D eigenvalue weighted by Gasteiger charge is 2.25. The Morgan fingerprint density at radius 3 is 2.63 bits per heavy atom. The van der Waals surface area contributed by atoms with E-state index in [1.807, 2.05) is 32.0 Å². The molecule has 3 aromatic rings. The van der Waals surface area contributed by atoms with Crippen LogP contribution in [0.25, 0.3) is 11.0 Å². The Bertz CT molecular complexity index is 1060. The van der Waals surface area contributed by atoms with E-state index >= 15 is 0 Å². The Hall–Kier alpha value is -2.25. The number of carbonyl (C=O) groups excluding carboxylic acids is 1. The van der Waals surface area contributed by atoms with Gasteiger partial charge < -0.3 is 23.5 Å². The standard InChI is InChI=1S/C22H23Cl2NO5/c1-13-14(2)30-21-15(13)6-5-7-17(21)25(3)22(26)19-16(23)8-9-18(20(19)24)29-12-28-11-10-27-4/h5-9H,10-12H2,1-4H3. The van der Waals surface area contributed by atoms with Gasteiger partial charge in [-0.25, -0.2) is 0 Å². The molecule has 30 heavy (non-hydrogen) atoms. The topological polar surface area (TPSA) is 61.1 Å². The minimum Gasteiger partial charge on any atom is -0.466 e. The highest BCUT2D eigenvalue weighted by molar-refractivity contribution is 6.41. The van der Waals surface area contributed by atoms with Gasteiger partial charge >= 0.3 is 0 Å². The van der Waals surface area contributed by atoms with Crippen molar-refractivity contribution in [3.8, 4) is 5.75 Å². The fourth-order valence-electron chi connectivity index (χ4n) is 3.04. The fourth-order valence-corrected chi connectivity index (χ4v) is 3.62. The van der Waals surface area contributed by atoms with Crippen LogP contribution in [0, 0.1) is 13.8 Å². The van der Waals surface area contributed by atoms with E-state index < -0.39 is 0 Å². The number of furan rings is 1. The Kier molecular flexibility index (Phi) is 7.26. The van der Waals surface area contributed by atoms with Gasteiger partial charge in [0.15, 0.2) is 12.4 Å². The number of ether oxygens (including phenoxy) is 3. The van der Waals surface area contributed by atoms with Crippen LogP contribution in [-0.4, -0.2) is 40.1 Å². The highest BCUT2D eigenvalue weighted by Crippen LogP contribution is 2.37. The van der Waals surface area contributed by atoms with Gasteiger partial charge in [-0.05, 0) is 37.6 Å². The molecule has 8 heteroatoms. The van der Waals surface area contributed by atoms with Crippen LogP contribution in [0.1, 0.15) is 21.7 Å². The monoisotopic (exact) mass is 451 g/mol. The molecule has 0 aliphatic rings. The van der Waals surface area contributed by atoms with Gasteiger partial charge in [-0.15, -0.1) is 0 Å². The van der Waals surface area contributed by atoms with E-state index in [1.165, 1.54) is 4.90 Å². The molecule has 3 rings (SSSR count). The van der Waals surface area contributed by atoms with Gasteiger partial charge in [0.25, 0.3) is 5.91 Å². The number of anilines is 1. The van der Waals surface area contributed by atoms with Gasteiger partial charge in [0.2, 0.25) is 0 Å². The molecule has 0 saturated carbocycles. The second-order valence-electron chi connectivity index (χ2n) is 6.70.